The monoisotopic (exact) mass is 454 g/mol. The highest BCUT2D eigenvalue weighted by Gasteiger charge is 2.20. The maximum absolute atomic E-state index is 13.0. The van der Waals surface area contributed by atoms with Gasteiger partial charge in [0.05, 0.1) is 5.56 Å². The van der Waals surface area contributed by atoms with Crippen LogP contribution in [0.25, 0.3) is 11.0 Å². The highest BCUT2D eigenvalue weighted by Crippen LogP contribution is 2.27. The molecule has 0 aliphatic carbocycles. The number of hydrogen-bond donors (Lipinski definition) is 0. The quantitative estimate of drug-likeness (QED) is 0.199. The van der Waals surface area contributed by atoms with Gasteiger partial charge in [0.15, 0.2) is 5.78 Å². The standard InChI is InChI=1S/C29H26O5/c1-17(2)24-15-25-21(14-27(30)34-26(25)13-19(24)4)16-33-29(32)23-8-6-5-7-22(23)28(31)20-11-9-18(3)10-12-20/h5-15,17H,16H2,1-4H3. The van der Waals surface area contributed by atoms with Gasteiger partial charge in [-0.1, -0.05) is 61.9 Å². The van der Waals surface area contributed by atoms with Crippen molar-refractivity contribution in [2.24, 2.45) is 0 Å². The molecule has 3 aromatic carbocycles. The Morgan fingerprint density at radius 3 is 2.26 bits per heavy atom. The van der Waals surface area contributed by atoms with Crippen molar-refractivity contribution >= 4 is 22.7 Å². The van der Waals surface area contributed by atoms with Crippen LogP contribution in [0, 0.1) is 13.8 Å². The molecule has 34 heavy (non-hydrogen) atoms. The zero-order chi connectivity index (χ0) is 24.4. The zero-order valence-electron chi connectivity index (χ0n) is 19.7. The fraction of sp³-hybridized carbons (Fsp3) is 0.207. The van der Waals surface area contributed by atoms with Crippen molar-refractivity contribution in [2.45, 2.75) is 40.2 Å². The molecule has 0 radical (unpaired) electrons. The van der Waals surface area contributed by atoms with E-state index in [2.05, 4.69) is 13.8 Å². The molecule has 0 saturated heterocycles. The summed E-state index contributed by atoms with van der Waals surface area (Å²) >= 11 is 0. The van der Waals surface area contributed by atoms with Crippen molar-refractivity contribution < 1.29 is 18.7 Å². The van der Waals surface area contributed by atoms with Gasteiger partial charge in [-0.3, -0.25) is 4.79 Å². The summed E-state index contributed by atoms with van der Waals surface area (Å²) in [6.07, 6.45) is 0. The Kier molecular flexibility index (Phi) is 6.46. The van der Waals surface area contributed by atoms with Gasteiger partial charge in [0.2, 0.25) is 0 Å². The molecule has 4 aromatic rings. The molecule has 0 aliphatic rings. The van der Waals surface area contributed by atoms with Crippen molar-refractivity contribution in [1.29, 1.82) is 0 Å². The molecule has 1 heterocycles. The van der Waals surface area contributed by atoms with E-state index in [1.807, 2.05) is 38.1 Å². The summed E-state index contributed by atoms with van der Waals surface area (Å²) in [4.78, 5) is 38.2. The van der Waals surface area contributed by atoms with Crippen molar-refractivity contribution in [3.05, 3.63) is 116 Å². The normalized spacial score (nSPS) is 11.1. The van der Waals surface area contributed by atoms with Crippen LogP contribution < -0.4 is 5.63 Å². The number of aryl methyl sites for hydroxylation is 2. The van der Waals surface area contributed by atoms with Crippen LogP contribution in [0.2, 0.25) is 0 Å². The lowest BCUT2D eigenvalue weighted by molar-refractivity contribution is 0.0471. The number of carbonyl (C=O) groups excluding carboxylic acids is 2. The van der Waals surface area contributed by atoms with E-state index in [0.717, 1.165) is 22.1 Å². The smallest absolute Gasteiger partial charge is 0.339 e. The van der Waals surface area contributed by atoms with Gasteiger partial charge in [0.1, 0.15) is 12.2 Å². The predicted molar refractivity (Wildman–Crippen MR) is 131 cm³/mol. The molecule has 0 N–H and O–H groups in total. The number of ether oxygens (including phenoxy) is 1. The third kappa shape index (κ3) is 4.69. The average molecular weight is 455 g/mol. The number of ketones is 1. The molecule has 0 unspecified atom stereocenters. The molecule has 0 amide bonds. The minimum Gasteiger partial charge on any atom is -0.457 e. The summed E-state index contributed by atoms with van der Waals surface area (Å²) in [7, 11) is 0. The van der Waals surface area contributed by atoms with Crippen molar-refractivity contribution in [3.63, 3.8) is 0 Å². The molecule has 172 valence electrons. The zero-order valence-corrected chi connectivity index (χ0v) is 19.7. The van der Waals surface area contributed by atoms with E-state index in [1.165, 1.54) is 6.07 Å². The lowest BCUT2D eigenvalue weighted by Crippen LogP contribution is -2.13. The van der Waals surface area contributed by atoms with Crippen molar-refractivity contribution in [2.75, 3.05) is 0 Å². The molecule has 5 nitrogen and oxygen atoms in total. The molecule has 0 spiro atoms. The molecule has 1 aromatic heterocycles. The topological polar surface area (TPSA) is 73.6 Å². The Morgan fingerprint density at radius 2 is 1.59 bits per heavy atom. The molecular weight excluding hydrogens is 428 g/mol. The lowest BCUT2D eigenvalue weighted by atomic mass is 9.95. The number of fused-ring (bicyclic) bond motifs is 1. The Balaban J connectivity index is 1.64. The van der Waals surface area contributed by atoms with Gasteiger partial charge in [-0.25, -0.2) is 9.59 Å². The van der Waals surface area contributed by atoms with Crippen LogP contribution in [-0.2, 0) is 11.3 Å². The lowest BCUT2D eigenvalue weighted by Gasteiger charge is -2.14. The molecular formula is C29H26O5. The number of benzene rings is 3. The van der Waals surface area contributed by atoms with Gasteiger partial charge in [-0.15, -0.1) is 0 Å². The summed E-state index contributed by atoms with van der Waals surface area (Å²) in [5.74, 6) is -0.601. The number of hydrogen-bond acceptors (Lipinski definition) is 5. The van der Waals surface area contributed by atoms with E-state index in [1.54, 1.807) is 36.4 Å². The molecule has 0 aliphatic heterocycles. The molecule has 0 saturated carbocycles. The predicted octanol–water partition coefficient (Wildman–Crippen LogP) is 6.12. The highest BCUT2D eigenvalue weighted by atomic mass is 16.5. The third-order valence-corrected chi connectivity index (χ3v) is 5.90. The summed E-state index contributed by atoms with van der Waals surface area (Å²) in [5.41, 5.74) is 4.65. The van der Waals surface area contributed by atoms with Crippen molar-refractivity contribution in [3.8, 4) is 0 Å². The van der Waals surface area contributed by atoms with E-state index in [0.29, 0.717) is 16.7 Å². The highest BCUT2D eigenvalue weighted by molar-refractivity contribution is 6.14. The SMILES string of the molecule is Cc1ccc(C(=O)c2ccccc2C(=O)OCc2cc(=O)oc3cc(C)c(C(C)C)cc23)cc1. The first-order valence-electron chi connectivity index (χ1n) is 11.2. The Labute approximate surface area is 198 Å². The second kappa shape index (κ2) is 9.48. The van der Waals surface area contributed by atoms with Crippen LogP contribution in [0.3, 0.4) is 0 Å². The van der Waals surface area contributed by atoms with Gasteiger partial charge >= 0.3 is 11.6 Å². The summed E-state index contributed by atoms with van der Waals surface area (Å²) in [5, 5.41) is 0.728. The fourth-order valence-corrected chi connectivity index (χ4v) is 4.07. The van der Waals surface area contributed by atoms with Gasteiger partial charge in [0.25, 0.3) is 0 Å². The number of carbonyl (C=O) groups is 2. The average Bonchev–Trinajstić information content (AvgIpc) is 2.81. The summed E-state index contributed by atoms with van der Waals surface area (Å²) in [6.45, 7) is 7.99. The van der Waals surface area contributed by atoms with Crippen LogP contribution >= 0.6 is 0 Å². The van der Waals surface area contributed by atoms with Gasteiger partial charge in [-0.2, -0.15) is 0 Å². The molecule has 0 bridgehead atoms. The number of esters is 1. The van der Waals surface area contributed by atoms with Crippen LogP contribution in [0.5, 0.6) is 0 Å². The Hall–Kier alpha value is -3.99. The molecule has 4 rings (SSSR count). The minimum absolute atomic E-state index is 0.116. The van der Waals surface area contributed by atoms with E-state index in [9.17, 15) is 14.4 Å². The van der Waals surface area contributed by atoms with Crippen molar-refractivity contribution in [1.82, 2.24) is 0 Å². The van der Waals surface area contributed by atoms with Crippen LogP contribution in [0.15, 0.2) is 75.9 Å². The maximum atomic E-state index is 13.0. The fourth-order valence-electron chi connectivity index (χ4n) is 4.07. The minimum atomic E-state index is -0.631. The first-order chi connectivity index (χ1) is 16.2. The maximum Gasteiger partial charge on any atom is 0.339 e. The largest absolute Gasteiger partial charge is 0.457 e. The van der Waals surface area contributed by atoms with Gasteiger partial charge in [-0.05, 0) is 49.1 Å². The Morgan fingerprint density at radius 1 is 0.912 bits per heavy atom. The van der Waals surface area contributed by atoms with E-state index in [4.69, 9.17) is 9.15 Å². The second-order valence-electron chi connectivity index (χ2n) is 8.77. The van der Waals surface area contributed by atoms with E-state index in [-0.39, 0.29) is 29.4 Å². The van der Waals surface area contributed by atoms with E-state index >= 15 is 0 Å². The first-order valence-corrected chi connectivity index (χ1v) is 11.2. The van der Waals surface area contributed by atoms with Crippen LogP contribution in [-0.4, -0.2) is 11.8 Å². The van der Waals surface area contributed by atoms with E-state index < -0.39 is 11.6 Å². The summed E-state index contributed by atoms with van der Waals surface area (Å²) < 4.78 is 11.0. The molecule has 5 heteroatoms. The Bertz CT molecular complexity index is 1440. The van der Waals surface area contributed by atoms with Gasteiger partial charge < -0.3 is 9.15 Å². The third-order valence-electron chi connectivity index (χ3n) is 5.90. The molecule has 0 atom stereocenters. The van der Waals surface area contributed by atoms with Gasteiger partial charge in [0, 0.05) is 28.1 Å². The van der Waals surface area contributed by atoms with Crippen LogP contribution in [0.4, 0.5) is 0 Å². The molecule has 0 fully saturated rings. The first kappa shape index (κ1) is 23.2. The summed E-state index contributed by atoms with van der Waals surface area (Å²) in [6, 6.07) is 18.9. The number of rotatable bonds is 6. The second-order valence-corrected chi connectivity index (χ2v) is 8.77. The van der Waals surface area contributed by atoms with Crippen LogP contribution in [0.1, 0.15) is 68.3 Å².